The van der Waals surface area contributed by atoms with Crippen molar-refractivity contribution < 1.29 is 4.79 Å². The van der Waals surface area contributed by atoms with E-state index in [0.717, 1.165) is 36.6 Å². The Hall–Kier alpha value is -1.71. The minimum Gasteiger partial charge on any atom is -0.382 e. The average Bonchev–Trinajstić information content (AvgIpc) is 2.53. The van der Waals surface area contributed by atoms with Crippen molar-refractivity contribution in [2.45, 2.75) is 32.1 Å². The van der Waals surface area contributed by atoms with Gasteiger partial charge < -0.3 is 16.0 Å². The fraction of sp³-hybridized carbons (Fsp3) is 0.562. The highest BCUT2D eigenvalue weighted by Crippen LogP contribution is 2.26. The summed E-state index contributed by atoms with van der Waals surface area (Å²) in [5.74, 6) is 0.718. The van der Waals surface area contributed by atoms with E-state index in [0.29, 0.717) is 5.92 Å². The molecule has 4 nitrogen and oxygen atoms in total. The highest BCUT2D eigenvalue weighted by atomic mass is 16.1. The molecule has 3 N–H and O–H groups in total. The second kappa shape index (κ2) is 6.16. The van der Waals surface area contributed by atoms with Gasteiger partial charge in [0.25, 0.3) is 5.91 Å². The minimum atomic E-state index is 0.0470. The third kappa shape index (κ3) is 3.06. The molecule has 1 aromatic rings. The number of amides is 1. The van der Waals surface area contributed by atoms with Crippen LogP contribution in [0, 0.1) is 5.92 Å². The van der Waals surface area contributed by atoms with Crippen molar-refractivity contribution >= 4 is 17.3 Å². The number of fused-ring (bicyclic) bond motifs is 1. The predicted octanol–water partition coefficient (Wildman–Crippen LogP) is 2.83. The van der Waals surface area contributed by atoms with Gasteiger partial charge in [0.05, 0.1) is 11.4 Å². The topological polar surface area (TPSA) is 53.2 Å². The molecule has 0 saturated heterocycles. The highest BCUT2D eigenvalue weighted by Gasteiger charge is 2.16. The zero-order valence-electron chi connectivity index (χ0n) is 11.9. The lowest BCUT2D eigenvalue weighted by Gasteiger charge is -2.22. The van der Waals surface area contributed by atoms with Gasteiger partial charge in [-0.05, 0) is 37.0 Å². The first kappa shape index (κ1) is 13.3. The molecule has 2 aliphatic rings. The van der Waals surface area contributed by atoms with Crippen molar-refractivity contribution in [3.8, 4) is 0 Å². The van der Waals surface area contributed by atoms with Crippen LogP contribution in [0.15, 0.2) is 18.2 Å². The Morgan fingerprint density at radius 1 is 1.10 bits per heavy atom. The summed E-state index contributed by atoms with van der Waals surface area (Å²) in [6.07, 6.45) is 6.50. The summed E-state index contributed by atoms with van der Waals surface area (Å²) in [7, 11) is 0. The van der Waals surface area contributed by atoms with E-state index in [1.54, 1.807) is 0 Å². The molecule has 4 heteroatoms. The van der Waals surface area contributed by atoms with E-state index in [1.165, 1.54) is 32.1 Å². The van der Waals surface area contributed by atoms with Crippen molar-refractivity contribution in [1.29, 1.82) is 0 Å². The Balaban J connectivity index is 1.59. The van der Waals surface area contributed by atoms with Gasteiger partial charge in [0.15, 0.2) is 0 Å². The number of hydrogen-bond donors (Lipinski definition) is 3. The SMILES string of the molecule is O=C(NCC1CCCCC1)c1ccc2c(c1)NCCN2. The van der Waals surface area contributed by atoms with E-state index >= 15 is 0 Å². The normalized spacial score (nSPS) is 18.6. The molecule has 1 aliphatic heterocycles. The zero-order chi connectivity index (χ0) is 13.8. The lowest BCUT2D eigenvalue weighted by atomic mass is 9.89. The van der Waals surface area contributed by atoms with Gasteiger partial charge >= 0.3 is 0 Å². The molecule has 1 aliphatic carbocycles. The third-order valence-corrected chi connectivity index (χ3v) is 4.31. The number of anilines is 2. The molecule has 1 amide bonds. The molecule has 0 bridgehead atoms. The first-order chi connectivity index (χ1) is 9.83. The molecular weight excluding hydrogens is 250 g/mol. The molecule has 0 aromatic heterocycles. The molecule has 0 radical (unpaired) electrons. The Bertz CT molecular complexity index is 481. The van der Waals surface area contributed by atoms with E-state index in [-0.39, 0.29) is 5.91 Å². The van der Waals surface area contributed by atoms with Crippen LogP contribution in [0.3, 0.4) is 0 Å². The van der Waals surface area contributed by atoms with E-state index in [1.807, 2.05) is 18.2 Å². The van der Waals surface area contributed by atoms with Crippen LogP contribution in [0.1, 0.15) is 42.5 Å². The summed E-state index contributed by atoms with van der Waals surface area (Å²) in [4.78, 5) is 12.2. The van der Waals surface area contributed by atoms with Crippen LogP contribution >= 0.6 is 0 Å². The van der Waals surface area contributed by atoms with Crippen molar-refractivity contribution in [2.75, 3.05) is 30.3 Å². The molecule has 3 rings (SSSR count). The van der Waals surface area contributed by atoms with Crippen LogP contribution in [0.25, 0.3) is 0 Å². The Kier molecular flexibility index (Phi) is 4.09. The van der Waals surface area contributed by atoms with Gasteiger partial charge in [-0.2, -0.15) is 0 Å². The number of nitrogens with one attached hydrogen (secondary N) is 3. The number of carbonyl (C=O) groups is 1. The predicted molar refractivity (Wildman–Crippen MR) is 82.3 cm³/mol. The van der Waals surface area contributed by atoms with Gasteiger partial charge in [0.1, 0.15) is 0 Å². The van der Waals surface area contributed by atoms with Gasteiger partial charge in [0, 0.05) is 25.2 Å². The summed E-state index contributed by atoms with van der Waals surface area (Å²) in [6.45, 7) is 2.65. The van der Waals surface area contributed by atoms with Gasteiger partial charge in [0.2, 0.25) is 0 Å². The quantitative estimate of drug-likeness (QED) is 0.794. The number of rotatable bonds is 3. The van der Waals surface area contributed by atoms with Crippen molar-refractivity contribution in [1.82, 2.24) is 5.32 Å². The lowest BCUT2D eigenvalue weighted by Crippen LogP contribution is -2.30. The van der Waals surface area contributed by atoms with Crippen molar-refractivity contribution in [2.24, 2.45) is 5.92 Å². The molecular formula is C16H23N3O. The summed E-state index contributed by atoms with van der Waals surface area (Å²) in [5.41, 5.74) is 2.86. The zero-order valence-corrected chi connectivity index (χ0v) is 11.9. The second-order valence-electron chi connectivity index (χ2n) is 5.83. The van der Waals surface area contributed by atoms with Crippen LogP contribution in [0.5, 0.6) is 0 Å². The van der Waals surface area contributed by atoms with E-state index in [4.69, 9.17) is 0 Å². The van der Waals surface area contributed by atoms with E-state index in [9.17, 15) is 4.79 Å². The molecule has 20 heavy (non-hydrogen) atoms. The van der Waals surface area contributed by atoms with Crippen LogP contribution in [0.4, 0.5) is 11.4 Å². The summed E-state index contributed by atoms with van der Waals surface area (Å²) < 4.78 is 0. The first-order valence-electron chi connectivity index (χ1n) is 7.73. The second-order valence-corrected chi connectivity index (χ2v) is 5.83. The summed E-state index contributed by atoms with van der Waals surface area (Å²) in [6, 6.07) is 5.82. The first-order valence-corrected chi connectivity index (χ1v) is 7.73. The largest absolute Gasteiger partial charge is 0.382 e. The summed E-state index contributed by atoms with van der Waals surface area (Å²) >= 11 is 0. The number of benzene rings is 1. The molecule has 1 saturated carbocycles. The van der Waals surface area contributed by atoms with Gasteiger partial charge in [-0.1, -0.05) is 19.3 Å². The van der Waals surface area contributed by atoms with Crippen LogP contribution in [-0.2, 0) is 0 Å². The molecule has 1 aromatic carbocycles. The van der Waals surface area contributed by atoms with Crippen LogP contribution in [0.2, 0.25) is 0 Å². The lowest BCUT2D eigenvalue weighted by molar-refractivity contribution is 0.0943. The van der Waals surface area contributed by atoms with Gasteiger partial charge in [-0.25, -0.2) is 0 Å². The van der Waals surface area contributed by atoms with Crippen molar-refractivity contribution in [3.05, 3.63) is 23.8 Å². The Morgan fingerprint density at radius 3 is 2.65 bits per heavy atom. The smallest absolute Gasteiger partial charge is 0.251 e. The van der Waals surface area contributed by atoms with Crippen LogP contribution in [-0.4, -0.2) is 25.5 Å². The van der Waals surface area contributed by atoms with Crippen molar-refractivity contribution in [3.63, 3.8) is 0 Å². The van der Waals surface area contributed by atoms with E-state index < -0.39 is 0 Å². The number of carbonyl (C=O) groups excluding carboxylic acids is 1. The maximum Gasteiger partial charge on any atom is 0.251 e. The fourth-order valence-electron chi connectivity index (χ4n) is 3.11. The summed E-state index contributed by atoms with van der Waals surface area (Å²) in [5, 5.41) is 9.73. The molecule has 1 fully saturated rings. The molecule has 108 valence electrons. The Morgan fingerprint density at radius 2 is 1.85 bits per heavy atom. The minimum absolute atomic E-state index is 0.0470. The monoisotopic (exact) mass is 273 g/mol. The Labute approximate surface area is 120 Å². The molecule has 0 atom stereocenters. The molecule has 1 heterocycles. The molecule has 0 spiro atoms. The van der Waals surface area contributed by atoms with Gasteiger partial charge in [-0.15, -0.1) is 0 Å². The van der Waals surface area contributed by atoms with Gasteiger partial charge in [-0.3, -0.25) is 4.79 Å². The highest BCUT2D eigenvalue weighted by molar-refractivity contribution is 5.96. The third-order valence-electron chi connectivity index (χ3n) is 4.31. The average molecular weight is 273 g/mol. The standard InChI is InChI=1S/C16H23N3O/c20-16(19-11-12-4-2-1-3-5-12)13-6-7-14-15(10-13)18-9-8-17-14/h6-7,10,12,17-18H,1-5,8-9,11H2,(H,19,20). The fourth-order valence-corrected chi connectivity index (χ4v) is 3.11. The number of hydrogen-bond acceptors (Lipinski definition) is 3. The van der Waals surface area contributed by atoms with Crippen LogP contribution < -0.4 is 16.0 Å². The maximum absolute atomic E-state index is 12.2. The maximum atomic E-state index is 12.2. The molecule has 0 unspecified atom stereocenters. The van der Waals surface area contributed by atoms with E-state index in [2.05, 4.69) is 16.0 Å².